The van der Waals surface area contributed by atoms with E-state index in [0.717, 1.165) is 30.7 Å². The van der Waals surface area contributed by atoms with Crippen molar-refractivity contribution in [2.75, 3.05) is 23.7 Å². The topological polar surface area (TPSA) is 37.0 Å². The van der Waals surface area contributed by atoms with Crippen molar-refractivity contribution in [1.82, 2.24) is 4.98 Å². The first-order chi connectivity index (χ1) is 9.60. The first-order valence-electron chi connectivity index (χ1n) is 7.44. The van der Waals surface area contributed by atoms with Crippen LogP contribution >= 0.6 is 23.2 Å². The van der Waals surface area contributed by atoms with Crippen molar-refractivity contribution >= 4 is 34.8 Å². The highest BCUT2D eigenvalue weighted by molar-refractivity contribution is 6.37. The summed E-state index contributed by atoms with van der Waals surface area (Å²) in [5.41, 5.74) is 0. The van der Waals surface area contributed by atoms with Gasteiger partial charge < -0.3 is 10.6 Å². The zero-order valence-electron chi connectivity index (χ0n) is 12.2. The van der Waals surface area contributed by atoms with Gasteiger partial charge in [-0.05, 0) is 37.7 Å². The third kappa shape index (κ3) is 4.16. The van der Waals surface area contributed by atoms with E-state index < -0.39 is 0 Å². The Hall–Kier alpha value is -0.670. The molecule has 1 aromatic rings. The molecule has 0 saturated heterocycles. The van der Waals surface area contributed by atoms with Gasteiger partial charge in [-0.25, -0.2) is 4.98 Å². The van der Waals surface area contributed by atoms with E-state index in [-0.39, 0.29) is 0 Å². The Balaban J connectivity index is 1.96. The molecule has 0 aliphatic heterocycles. The Morgan fingerprint density at radius 3 is 2.30 bits per heavy atom. The van der Waals surface area contributed by atoms with Crippen LogP contribution in [0.3, 0.4) is 0 Å². The van der Waals surface area contributed by atoms with E-state index in [1.807, 2.05) is 6.92 Å². The minimum absolute atomic E-state index is 0.564. The second-order valence-electron chi connectivity index (χ2n) is 5.69. The van der Waals surface area contributed by atoms with Crippen LogP contribution in [0.4, 0.5) is 11.6 Å². The Bertz CT molecular complexity index is 443. The van der Waals surface area contributed by atoms with Crippen LogP contribution in [0.1, 0.15) is 39.5 Å². The molecule has 1 aromatic heterocycles. The summed E-state index contributed by atoms with van der Waals surface area (Å²) in [5.74, 6) is 3.02. The smallest absolute Gasteiger partial charge is 0.147 e. The normalized spacial score (nSPS) is 22.6. The van der Waals surface area contributed by atoms with Gasteiger partial charge >= 0.3 is 0 Å². The van der Waals surface area contributed by atoms with E-state index in [0.29, 0.717) is 15.9 Å². The summed E-state index contributed by atoms with van der Waals surface area (Å²) >= 11 is 12.3. The number of halogens is 2. The van der Waals surface area contributed by atoms with E-state index in [1.54, 1.807) is 6.07 Å². The van der Waals surface area contributed by atoms with Crippen LogP contribution in [0.5, 0.6) is 0 Å². The van der Waals surface area contributed by atoms with E-state index in [4.69, 9.17) is 23.2 Å². The van der Waals surface area contributed by atoms with Crippen molar-refractivity contribution in [2.24, 2.45) is 11.8 Å². The number of hydrogen-bond acceptors (Lipinski definition) is 3. The zero-order chi connectivity index (χ0) is 14.5. The third-order valence-electron chi connectivity index (χ3n) is 3.97. The molecule has 20 heavy (non-hydrogen) atoms. The number of aromatic nitrogens is 1. The van der Waals surface area contributed by atoms with Crippen molar-refractivity contribution in [3.63, 3.8) is 0 Å². The molecule has 1 saturated carbocycles. The maximum absolute atomic E-state index is 6.21. The highest BCUT2D eigenvalue weighted by Gasteiger charge is 2.18. The molecule has 0 amide bonds. The van der Waals surface area contributed by atoms with E-state index in [9.17, 15) is 0 Å². The fraction of sp³-hybridized carbons (Fsp3) is 0.667. The predicted molar refractivity (Wildman–Crippen MR) is 88.0 cm³/mol. The molecular formula is C15H23Cl2N3. The molecule has 1 aliphatic rings. The maximum atomic E-state index is 6.21. The molecule has 1 aliphatic carbocycles. The van der Waals surface area contributed by atoms with Gasteiger partial charge in [0.15, 0.2) is 0 Å². The van der Waals surface area contributed by atoms with E-state index in [2.05, 4.69) is 22.5 Å². The van der Waals surface area contributed by atoms with Gasteiger partial charge in [-0.1, -0.05) is 43.0 Å². The second-order valence-corrected chi connectivity index (χ2v) is 6.50. The average Bonchev–Trinajstić information content (AvgIpc) is 2.42. The van der Waals surface area contributed by atoms with Gasteiger partial charge in [-0.15, -0.1) is 0 Å². The summed E-state index contributed by atoms with van der Waals surface area (Å²) in [5, 5.41) is 7.68. The quantitative estimate of drug-likeness (QED) is 0.797. The third-order valence-corrected chi connectivity index (χ3v) is 4.54. The largest absolute Gasteiger partial charge is 0.369 e. The van der Waals surface area contributed by atoms with Crippen LogP contribution in [0.2, 0.25) is 10.0 Å². The first kappa shape index (κ1) is 15.7. The Labute approximate surface area is 131 Å². The molecule has 2 N–H and O–H groups in total. The number of pyridine rings is 1. The molecule has 2 rings (SSSR count). The van der Waals surface area contributed by atoms with Crippen LogP contribution in [-0.2, 0) is 0 Å². The highest BCUT2D eigenvalue weighted by Crippen LogP contribution is 2.31. The summed E-state index contributed by atoms with van der Waals surface area (Å²) < 4.78 is 0. The van der Waals surface area contributed by atoms with Gasteiger partial charge in [-0.2, -0.15) is 0 Å². The minimum Gasteiger partial charge on any atom is -0.369 e. The summed E-state index contributed by atoms with van der Waals surface area (Å²) in [4.78, 5) is 4.47. The lowest BCUT2D eigenvalue weighted by molar-refractivity contribution is 0.300. The van der Waals surface area contributed by atoms with Crippen molar-refractivity contribution in [3.8, 4) is 0 Å². The molecule has 1 heterocycles. The van der Waals surface area contributed by atoms with Crippen LogP contribution in [0, 0.1) is 11.8 Å². The van der Waals surface area contributed by atoms with Crippen LogP contribution in [0.15, 0.2) is 6.07 Å². The first-order valence-corrected chi connectivity index (χ1v) is 8.19. The molecule has 0 radical (unpaired) electrons. The van der Waals surface area contributed by atoms with Gasteiger partial charge in [0.05, 0.1) is 10.0 Å². The van der Waals surface area contributed by atoms with Gasteiger partial charge in [0.2, 0.25) is 0 Å². The van der Waals surface area contributed by atoms with Gasteiger partial charge in [0, 0.05) is 13.1 Å². The highest BCUT2D eigenvalue weighted by atomic mass is 35.5. The van der Waals surface area contributed by atoms with Crippen LogP contribution in [-0.4, -0.2) is 18.1 Å². The van der Waals surface area contributed by atoms with Crippen molar-refractivity contribution < 1.29 is 0 Å². The van der Waals surface area contributed by atoms with Gasteiger partial charge in [-0.3, -0.25) is 0 Å². The Morgan fingerprint density at radius 2 is 1.70 bits per heavy atom. The number of nitrogens with zero attached hydrogens (tertiary/aromatic N) is 1. The molecule has 5 heteroatoms. The fourth-order valence-corrected chi connectivity index (χ4v) is 3.15. The minimum atomic E-state index is 0.564. The molecule has 0 aromatic carbocycles. The fourth-order valence-electron chi connectivity index (χ4n) is 2.66. The molecular weight excluding hydrogens is 293 g/mol. The Morgan fingerprint density at radius 1 is 1.10 bits per heavy atom. The molecule has 112 valence electrons. The molecule has 0 unspecified atom stereocenters. The average molecular weight is 316 g/mol. The lowest BCUT2D eigenvalue weighted by Gasteiger charge is -2.26. The lowest BCUT2D eigenvalue weighted by atomic mass is 9.83. The molecule has 3 nitrogen and oxygen atoms in total. The monoisotopic (exact) mass is 315 g/mol. The number of rotatable bonds is 5. The summed E-state index contributed by atoms with van der Waals surface area (Å²) in [6, 6.07) is 1.75. The molecule has 0 spiro atoms. The predicted octanol–water partition coefficient (Wildman–Crippen LogP) is 5.06. The van der Waals surface area contributed by atoms with Crippen LogP contribution in [0.25, 0.3) is 0 Å². The molecule has 0 bridgehead atoms. The number of nitrogens with one attached hydrogen (secondary N) is 2. The van der Waals surface area contributed by atoms with E-state index in [1.165, 1.54) is 25.7 Å². The van der Waals surface area contributed by atoms with Gasteiger partial charge in [0.25, 0.3) is 0 Å². The van der Waals surface area contributed by atoms with Crippen molar-refractivity contribution in [3.05, 3.63) is 16.1 Å². The van der Waals surface area contributed by atoms with Gasteiger partial charge in [0.1, 0.15) is 11.6 Å². The Kier molecular flexibility index (Phi) is 5.79. The summed E-state index contributed by atoms with van der Waals surface area (Å²) in [6.45, 7) is 6.08. The van der Waals surface area contributed by atoms with Crippen molar-refractivity contribution in [2.45, 2.75) is 39.5 Å². The van der Waals surface area contributed by atoms with E-state index >= 15 is 0 Å². The standard InChI is InChI=1S/C15H23Cl2N3/c1-3-18-14-12(16)8-13(17)15(20-14)19-9-11-6-4-10(2)5-7-11/h8,10-11H,3-7,9H2,1-2H3,(H2,18,19,20). The maximum Gasteiger partial charge on any atom is 0.147 e. The lowest BCUT2D eigenvalue weighted by Crippen LogP contribution is -2.20. The van der Waals surface area contributed by atoms with Crippen LogP contribution < -0.4 is 10.6 Å². The van der Waals surface area contributed by atoms with Crippen molar-refractivity contribution in [1.29, 1.82) is 0 Å². The number of hydrogen-bond donors (Lipinski definition) is 2. The SMILES string of the molecule is CCNc1nc(NCC2CCC(C)CC2)c(Cl)cc1Cl. The number of anilines is 2. The summed E-state index contributed by atoms with van der Waals surface area (Å²) in [6.07, 6.45) is 5.24. The zero-order valence-corrected chi connectivity index (χ0v) is 13.7. The summed E-state index contributed by atoms with van der Waals surface area (Å²) in [7, 11) is 0. The molecule has 0 atom stereocenters. The molecule has 1 fully saturated rings. The second kappa shape index (κ2) is 7.37.